The lowest BCUT2D eigenvalue weighted by Gasteiger charge is -1.98. The van der Waals surface area contributed by atoms with Crippen LogP contribution >= 0.6 is 0 Å². The van der Waals surface area contributed by atoms with Crippen LogP contribution in [0.2, 0.25) is 0 Å². The van der Waals surface area contributed by atoms with E-state index in [4.69, 9.17) is 5.53 Å². The average Bonchev–Trinajstić information content (AvgIpc) is 2.05. The van der Waals surface area contributed by atoms with Crippen LogP contribution < -0.4 is 10.3 Å². The molecule has 0 saturated heterocycles. The molecule has 0 unspecified atom stereocenters. The first kappa shape index (κ1) is 8.09. The topological polar surface area (TPSA) is 104 Å². The van der Waals surface area contributed by atoms with Gasteiger partial charge in [-0.1, -0.05) is 0 Å². The van der Waals surface area contributed by atoms with E-state index in [1.165, 1.54) is 7.11 Å². The van der Waals surface area contributed by atoms with Crippen LogP contribution in [0.3, 0.4) is 0 Å². The molecule has 12 heavy (non-hydrogen) atoms. The molecule has 0 bridgehead atoms. The Balaban J connectivity index is 3.37. The Morgan fingerprint density at radius 1 is 1.83 bits per heavy atom. The molecule has 0 aliphatic rings. The first-order chi connectivity index (χ1) is 5.79. The van der Waals surface area contributed by atoms with Gasteiger partial charge >= 0.3 is 0 Å². The molecule has 1 rings (SSSR count). The van der Waals surface area contributed by atoms with E-state index in [2.05, 4.69) is 24.7 Å². The van der Waals surface area contributed by atoms with E-state index >= 15 is 0 Å². The molecule has 0 fully saturated rings. The van der Waals surface area contributed by atoms with Crippen molar-refractivity contribution in [2.75, 3.05) is 7.11 Å². The van der Waals surface area contributed by atoms with Gasteiger partial charge in [0.25, 0.3) is 5.56 Å². The minimum atomic E-state index is -0.477. The zero-order valence-electron chi connectivity index (χ0n) is 6.18. The third kappa shape index (κ3) is 1.35. The van der Waals surface area contributed by atoms with E-state index in [9.17, 15) is 4.79 Å². The summed E-state index contributed by atoms with van der Waals surface area (Å²) in [5.41, 5.74) is 7.60. The molecule has 1 aromatic rings. The van der Waals surface area contributed by atoms with Gasteiger partial charge in [-0.3, -0.25) is 4.79 Å². The Bertz CT molecular complexity index is 378. The van der Waals surface area contributed by atoms with Crippen LogP contribution in [-0.4, -0.2) is 17.1 Å². The number of hydrogen-bond acceptors (Lipinski definition) is 4. The first-order valence-corrected chi connectivity index (χ1v) is 2.96. The van der Waals surface area contributed by atoms with Crippen molar-refractivity contribution in [3.63, 3.8) is 0 Å². The number of hydrogen-bond donors (Lipinski definition) is 1. The molecule has 0 radical (unpaired) electrons. The summed E-state index contributed by atoms with van der Waals surface area (Å²) < 4.78 is 4.66. The molecule has 0 aromatic carbocycles. The van der Waals surface area contributed by atoms with Gasteiger partial charge in [-0.05, 0) is 10.6 Å². The number of aromatic amines is 1. The van der Waals surface area contributed by atoms with E-state index in [1.54, 1.807) is 0 Å². The molecule has 1 aromatic heterocycles. The normalized spacial score (nSPS) is 8.75. The van der Waals surface area contributed by atoms with Gasteiger partial charge in [0.05, 0.1) is 13.4 Å². The van der Waals surface area contributed by atoms with Crippen molar-refractivity contribution in [1.29, 1.82) is 0 Å². The summed E-state index contributed by atoms with van der Waals surface area (Å²) in [4.78, 5) is 19.3. The highest BCUT2D eigenvalue weighted by Gasteiger charge is 2.05. The Hall–Kier alpha value is -2.01. The van der Waals surface area contributed by atoms with E-state index < -0.39 is 5.56 Å². The van der Waals surface area contributed by atoms with Gasteiger partial charge in [0.1, 0.15) is 0 Å². The van der Waals surface area contributed by atoms with Crippen LogP contribution in [0, 0.1) is 0 Å². The smallest absolute Gasteiger partial charge is 0.293 e. The van der Waals surface area contributed by atoms with Crippen molar-refractivity contribution in [2.45, 2.75) is 0 Å². The zero-order chi connectivity index (χ0) is 8.97. The lowest BCUT2D eigenvalue weighted by atomic mass is 10.5. The van der Waals surface area contributed by atoms with Gasteiger partial charge in [-0.2, -0.15) is 0 Å². The highest BCUT2D eigenvalue weighted by atomic mass is 16.5. The van der Waals surface area contributed by atoms with Crippen molar-refractivity contribution in [3.8, 4) is 5.75 Å². The number of rotatable bonds is 2. The summed E-state index contributed by atoms with van der Waals surface area (Å²) >= 11 is 0. The fourth-order valence-electron chi connectivity index (χ4n) is 0.675. The van der Waals surface area contributed by atoms with Crippen LogP contribution in [0.1, 0.15) is 0 Å². The Morgan fingerprint density at radius 3 is 3.17 bits per heavy atom. The minimum Gasteiger partial charge on any atom is -0.490 e. The molecule has 62 valence electrons. The zero-order valence-corrected chi connectivity index (χ0v) is 6.18. The molecule has 1 heterocycles. The number of nitrogens with one attached hydrogen (secondary N) is 1. The highest BCUT2D eigenvalue weighted by molar-refractivity contribution is 5.41. The molecule has 0 aliphatic carbocycles. The minimum absolute atomic E-state index is 0.0660. The Morgan fingerprint density at radius 2 is 2.58 bits per heavy atom. The summed E-state index contributed by atoms with van der Waals surface area (Å²) in [7, 11) is 1.29. The number of azide groups is 1. The van der Waals surface area contributed by atoms with Gasteiger partial charge in [0.15, 0.2) is 5.82 Å². The van der Waals surface area contributed by atoms with E-state index in [1.807, 2.05) is 0 Å². The molecule has 0 amide bonds. The third-order valence-electron chi connectivity index (χ3n) is 1.14. The van der Waals surface area contributed by atoms with Gasteiger partial charge in [-0.25, -0.2) is 4.98 Å². The van der Waals surface area contributed by atoms with Crippen molar-refractivity contribution in [1.82, 2.24) is 9.97 Å². The number of methoxy groups -OCH3 is 1. The maximum absolute atomic E-state index is 10.9. The summed E-state index contributed by atoms with van der Waals surface area (Å²) in [5.74, 6) is -0.154. The SMILES string of the molecule is COc1c(N=[N+]=[N-])nc[nH]c1=O. The largest absolute Gasteiger partial charge is 0.490 e. The van der Waals surface area contributed by atoms with E-state index in [0.29, 0.717) is 0 Å². The van der Waals surface area contributed by atoms with Crippen LogP contribution in [0.15, 0.2) is 16.2 Å². The predicted molar refractivity (Wildman–Crippen MR) is 40.2 cm³/mol. The molecule has 7 nitrogen and oxygen atoms in total. The molecule has 0 atom stereocenters. The molecule has 1 N–H and O–H groups in total. The maximum atomic E-state index is 10.9. The number of ether oxygens (including phenoxy) is 1. The second-order valence-corrected chi connectivity index (χ2v) is 1.78. The average molecular weight is 167 g/mol. The van der Waals surface area contributed by atoms with Crippen molar-refractivity contribution >= 4 is 5.82 Å². The fourth-order valence-corrected chi connectivity index (χ4v) is 0.675. The van der Waals surface area contributed by atoms with Crippen LogP contribution in [-0.2, 0) is 0 Å². The van der Waals surface area contributed by atoms with Crippen LogP contribution in [0.4, 0.5) is 5.82 Å². The Kier molecular flexibility index (Phi) is 2.29. The van der Waals surface area contributed by atoms with Crippen molar-refractivity contribution in [2.24, 2.45) is 5.11 Å². The summed E-state index contributed by atoms with van der Waals surface area (Å²) in [5, 5.41) is 3.16. The predicted octanol–water partition coefficient (Wildman–Crippen LogP) is 0.720. The molecule has 0 saturated carbocycles. The van der Waals surface area contributed by atoms with E-state index in [-0.39, 0.29) is 11.6 Å². The molecular formula is C5H5N5O2. The first-order valence-electron chi connectivity index (χ1n) is 2.96. The number of aromatic nitrogens is 2. The standard InChI is InChI=1S/C5H5N5O2/c1-12-3-4(9-10-6)7-2-8-5(3)11/h2H,1H3,(H,7,8,11). The molecule has 0 aliphatic heterocycles. The Labute approximate surface area is 66.6 Å². The van der Waals surface area contributed by atoms with Gasteiger partial charge in [0, 0.05) is 4.91 Å². The lowest BCUT2D eigenvalue weighted by Crippen LogP contribution is -2.08. The molecule has 0 spiro atoms. The summed E-state index contributed by atoms with van der Waals surface area (Å²) in [6.45, 7) is 0. The van der Waals surface area contributed by atoms with Crippen molar-refractivity contribution < 1.29 is 4.74 Å². The maximum Gasteiger partial charge on any atom is 0.293 e. The second-order valence-electron chi connectivity index (χ2n) is 1.78. The monoisotopic (exact) mass is 167 g/mol. The highest BCUT2D eigenvalue weighted by Crippen LogP contribution is 2.17. The van der Waals surface area contributed by atoms with E-state index in [0.717, 1.165) is 6.33 Å². The molecular weight excluding hydrogens is 162 g/mol. The quantitative estimate of drug-likeness (QED) is 0.398. The fraction of sp³-hybridized carbons (Fsp3) is 0.200. The van der Waals surface area contributed by atoms with Gasteiger partial charge in [0.2, 0.25) is 5.75 Å². The number of H-pyrrole nitrogens is 1. The summed E-state index contributed by atoms with van der Waals surface area (Å²) in [6.07, 6.45) is 1.13. The lowest BCUT2D eigenvalue weighted by molar-refractivity contribution is 0.407. The van der Waals surface area contributed by atoms with Crippen molar-refractivity contribution in [3.05, 3.63) is 27.1 Å². The van der Waals surface area contributed by atoms with Crippen LogP contribution in [0.25, 0.3) is 10.4 Å². The van der Waals surface area contributed by atoms with Gasteiger partial charge < -0.3 is 9.72 Å². The summed E-state index contributed by atoms with van der Waals surface area (Å²) in [6, 6.07) is 0. The third-order valence-corrected chi connectivity index (χ3v) is 1.14. The molecule has 7 heteroatoms. The van der Waals surface area contributed by atoms with Gasteiger partial charge in [-0.15, -0.1) is 0 Å². The second kappa shape index (κ2) is 3.40. The van der Waals surface area contributed by atoms with Crippen LogP contribution in [0.5, 0.6) is 5.75 Å². The number of nitrogens with zero attached hydrogens (tertiary/aromatic N) is 4.